The topological polar surface area (TPSA) is 52.7 Å². The van der Waals surface area contributed by atoms with Crippen LogP contribution in [0.4, 0.5) is 0 Å². The van der Waals surface area contributed by atoms with E-state index in [-0.39, 0.29) is 24.2 Å². The van der Waals surface area contributed by atoms with Gasteiger partial charge in [-0.05, 0) is 68.8 Å². The minimum absolute atomic E-state index is 0. The lowest BCUT2D eigenvalue weighted by atomic mass is 9.92. The molecule has 0 spiro atoms. The molecule has 2 amide bonds. The zero-order chi connectivity index (χ0) is 19.2. The molecule has 2 fully saturated rings. The first-order chi connectivity index (χ1) is 13.1. The lowest BCUT2D eigenvalue weighted by molar-refractivity contribution is 0.0755. The molecule has 6 heteroatoms. The molecule has 156 valence electrons. The summed E-state index contributed by atoms with van der Waals surface area (Å²) in [5.74, 6) is 1.50. The molecule has 0 unspecified atom stereocenters. The summed E-state index contributed by atoms with van der Waals surface area (Å²) < 4.78 is 0. The summed E-state index contributed by atoms with van der Waals surface area (Å²) in [6, 6.07) is 7.30. The molecule has 0 aromatic heterocycles. The van der Waals surface area contributed by atoms with Crippen LogP contribution in [0, 0.1) is 11.8 Å². The minimum Gasteiger partial charge on any atom is -0.339 e. The van der Waals surface area contributed by atoms with E-state index in [4.69, 9.17) is 0 Å². The molecule has 1 aromatic carbocycles. The van der Waals surface area contributed by atoms with Gasteiger partial charge in [0.15, 0.2) is 0 Å². The van der Waals surface area contributed by atoms with E-state index in [0.29, 0.717) is 23.0 Å². The van der Waals surface area contributed by atoms with Gasteiger partial charge in [0.05, 0.1) is 0 Å². The molecular formula is C22H34ClN3O2. The van der Waals surface area contributed by atoms with Crippen LogP contribution in [0.5, 0.6) is 0 Å². The number of nitrogens with one attached hydrogen (secondary N) is 1. The second-order valence-electron chi connectivity index (χ2n) is 7.92. The Balaban J connectivity index is 0.00000280. The van der Waals surface area contributed by atoms with Crippen molar-refractivity contribution >= 4 is 24.2 Å². The average molecular weight is 408 g/mol. The fourth-order valence-corrected chi connectivity index (χ4v) is 4.43. The zero-order valence-corrected chi connectivity index (χ0v) is 18.0. The van der Waals surface area contributed by atoms with Gasteiger partial charge in [-0.3, -0.25) is 9.59 Å². The van der Waals surface area contributed by atoms with Gasteiger partial charge in [-0.25, -0.2) is 0 Å². The number of carbonyl (C=O) groups is 2. The lowest BCUT2D eigenvalue weighted by Crippen LogP contribution is -2.34. The van der Waals surface area contributed by atoms with E-state index in [0.717, 1.165) is 65.0 Å². The highest BCUT2D eigenvalue weighted by molar-refractivity contribution is 5.99. The predicted molar refractivity (Wildman–Crippen MR) is 115 cm³/mol. The third-order valence-electron chi connectivity index (χ3n) is 5.94. The maximum atomic E-state index is 13.1. The van der Waals surface area contributed by atoms with Crippen molar-refractivity contribution in [3.05, 3.63) is 35.4 Å². The van der Waals surface area contributed by atoms with Gasteiger partial charge in [0.2, 0.25) is 0 Å². The van der Waals surface area contributed by atoms with Gasteiger partial charge in [-0.15, -0.1) is 12.4 Å². The number of rotatable bonds is 6. The van der Waals surface area contributed by atoms with E-state index < -0.39 is 0 Å². The number of hydrogen-bond donors (Lipinski definition) is 1. The second kappa shape index (κ2) is 10.8. The Bertz CT molecular complexity index is 647. The first-order valence-corrected chi connectivity index (χ1v) is 10.5. The normalized spacial score (nSPS) is 21.4. The Hall–Kier alpha value is -1.59. The molecule has 2 atom stereocenters. The highest BCUT2D eigenvalue weighted by Gasteiger charge is 2.31. The molecule has 5 nitrogen and oxygen atoms in total. The Morgan fingerprint density at radius 3 is 2.18 bits per heavy atom. The summed E-state index contributed by atoms with van der Waals surface area (Å²) in [4.78, 5) is 29.8. The highest BCUT2D eigenvalue weighted by atomic mass is 35.5. The molecule has 2 aliphatic rings. The Morgan fingerprint density at radius 2 is 1.61 bits per heavy atom. The van der Waals surface area contributed by atoms with Crippen molar-refractivity contribution in [2.75, 3.05) is 39.3 Å². The maximum absolute atomic E-state index is 13.1. The summed E-state index contributed by atoms with van der Waals surface area (Å²) in [6.45, 7) is 9.49. The Kier molecular flexibility index (Phi) is 8.77. The predicted octanol–water partition coefficient (Wildman–Crippen LogP) is 3.44. The molecule has 1 aromatic rings. The fourth-order valence-electron chi connectivity index (χ4n) is 4.43. The van der Waals surface area contributed by atoms with Crippen LogP contribution >= 0.6 is 12.4 Å². The maximum Gasteiger partial charge on any atom is 0.253 e. The number of carbonyl (C=O) groups excluding carboxylic acids is 2. The number of amides is 2. The van der Waals surface area contributed by atoms with Gasteiger partial charge in [0.25, 0.3) is 11.8 Å². The summed E-state index contributed by atoms with van der Waals surface area (Å²) in [5.41, 5.74) is 1.26. The van der Waals surface area contributed by atoms with Crippen molar-refractivity contribution < 1.29 is 9.59 Å². The Labute approximate surface area is 175 Å². The summed E-state index contributed by atoms with van der Waals surface area (Å²) in [5, 5.41) is 3.47. The summed E-state index contributed by atoms with van der Waals surface area (Å²) in [7, 11) is 0. The summed E-state index contributed by atoms with van der Waals surface area (Å²) in [6.07, 6.45) is 4.02. The number of fused-ring (bicyclic) bond motifs is 1. The lowest BCUT2D eigenvalue weighted by Gasteiger charge is -2.23. The molecule has 28 heavy (non-hydrogen) atoms. The van der Waals surface area contributed by atoms with E-state index in [9.17, 15) is 9.59 Å². The van der Waals surface area contributed by atoms with Crippen LogP contribution in [0.1, 0.15) is 60.2 Å². The third-order valence-corrected chi connectivity index (χ3v) is 5.94. The van der Waals surface area contributed by atoms with Crippen molar-refractivity contribution in [1.82, 2.24) is 15.1 Å². The number of halogens is 1. The van der Waals surface area contributed by atoms with Gasteiger partial charge < -0.3 is 15.1 Å². The molecule has 0 aliphatic carbocycles. The standard InChI is InChI=1S/C22H33N3O2.ClH/c1-3-10-24(11-4-2)21(26)17-6-5-7-18(14-17)22(27)25-12-8-19-15-23-16-20(19)9-13-25;/h5-7,14,19-20,23H,3-4,8-13,15-16H2,1-2H3;1H/t19-,20+;. The quantitative estimate of drug-likeness (QED) is 0.785. The molecule has 0 saturated carbocycles. The highest BCUT2D eigenvalue weighted by Crippen LogP contribution is 2.27. The van der Waals surface area contributed by atoms with Crippen LogP contribution in [0.15, 0.2) is 24.3 Å². The van der Waals surface area contributed by atoms with Crippen molar-refractivity contribution in [3.8, 4) is 0 Å². The van der Waals surface area contributed by atoms with Gasteiger partial charge in [0, 0.05) is 37.3 Å². The van der Waals surface area contributed by atoms with Crippen LogP contribution in [0.25, 0.3) is 0 Å². The van der Waals surface area contributed by atoms with Crippen molar-refractivity contribution in [2.45, 2.75) is 39.5 Å². The monoisotopic (exact) mass is 407 g/mol. The fraction of sp³-hybridized carbons (Fsp3) is 0.636. The van der Waals surface area contributed by atoms with Gasteiger partial charge in [0.1, 0.15) is 0 Å². The van der Waals surface area contributed by atoms with Crippen LogP contribution in [-0.2, 0) is 0 Å². The van der Waals surface area contributed by atoms with E-state index in [1.807, 2.05) is 28.0 Å². The van der Waals surface area contributed by atoms with Crippen LogP contribution in [-0.4, -0.2) is 60.9 Å². The van der Waals surface area contributed by atoms with E-state index in [1.165, 1.54) is 0 Å². The summed E-state index contributed by atoms with van der Waals surface area (Å²) >= 11 is 0. The molecule has 2 aliphatic heterocycles. The van der Waals surface area contributed by atoms with E-state index >= 15 is 0 Å². The molecule has 2 saturated heterocycles. The van der Waals surface area contributed by atoms with Gasteiger partial charge >= 0.3 is 0 Å². The molecule has 0 bridgehead atoms. The minimum atomic E-state index is 0. The van der Waals surface area contributed by atoms with E-state index in [2.05, 4.69) is 19.2 Å². The Morgan fingerprint density at radius 1 is 1.04 bits per heavy atom. The average Bonchev–Trinajstić information content (AvgIpc) is 3.05. The zero-order valence-electron chi connectivity index (χ0n) is 17.2. The molecule has 3 rings (SSSR count). The van der Waals surface area contributed by atoms with Crippen LogP contribution in [0.2, 0.25) is 0 Å². The smallest absolute Gasteiger partial charge is 0.253 e. The number of hydrogen-bond acceptors (Lipinski definition) is 3. The number of likely N-dealkylation sites (tertiary alicyclic amines) is 1. The third kappa shape index (κ3) is 5.26. The van der Waals surface area contributed by atoms with Crippen molar-refractivity contribution in [3.63, 3.8) is 0 Å². The molecular weight excluding hydrogens is 374 g/mol. The molecule has 0 radical (unpaired) electrons. The first kappa shape index (κ1) is 22.7. The van der Waals surface area contributed by atoms with E-state index in [1.54, 1.807) is 6.07 Å². The SMILES string of the molecule is CCCN(CCC)C(=O)c1cccc(C(=O)N2CC[C@@H]3CNC[C@@H]3CC2)c1.Cl. The van der Waals surface area contributed by atoms with Crippen LogP contribution in [0.3, 0.4) is 0 Å². The second-order valence-corrected chi connectivity index (χ2v) is 7.92. The van der Waals surface area contributed by atoms with Crippen molar-refractivity contribution in [1.29, 1.82) is 0 Å². The molecule has 1 N–H and O–H groups in total. The van der Waals surface area contributed by atoms with Crippen molar-refractivity contribution in [2.24, 2.45) is 11.8 Å². The number of nitrogens with zero attached hydrogens (tertiary/aromatic N) is 2. The van der Waals surface area contributed by atoms with Gasteiger partial charge in [-0.1, -0.05) is 19.9 Å². The molecule has 2 heterocycles. The van der Waals surface area contributed by atoms with Gasteiger partial charge in [-0.2, -0.15) is 0 Å². The first-order valence-electron chi connectivity index (χ1n) is 10.5. The van der Waals surface area contributed by atoms with Crippen LogP contribution < -0.4 is 5.32 Å². The largest absolute Gasteiger partial charge is 0.339 e. The number of benzene rings is 1.